The molecular formula is C16H22N2O. The summed E-state index contributed by atoms with van der Waals surface area (Å²) in [7, 11) is 0. The number of carbonyl (C=O) groups excluding carboxylic acids is 1. The Morgan fingerprint density at radius 1 is 1.21 bits per heavy atom. The molecule has 2 unspecified atom stereocenters. The summed E-state index contributed by atoms with van der Waals surface area (Å²) in [4.78, 5) is 14.5. The molecule has 19 heavy (non-hydrogen) atoms. The quantitative estimate of drug-likeness (QED) is 0.878. The van der Waals surface area contributed by atoms with Crippen molar-refractivity contribution in [1.82, 2.24) is 4.90 Å². The predicted octanol–water partition coefficient (Wildman–Crippen LogP) is 2.02. The van der Waals surface area contributed by atoms with Gasteiger partial charge in [-0.3, -0.25) is 4.79 Å². The van der Waals surface area contributed by atoms with Gasteiger partial charge in [0.25, 0.3) is 0 Å². The number of benzene rings is 1. The molecule has 3 rings (SSSR count). The molecular weight excluding hydrogens is 236 g/mol. The van der Waals surface area contributed by atoms with E-state index in [1.807, 2.05) is 23.1 Å². The monoisotopic (exact) mass is 258 g/mol. The number of hydrogen-bond donors (Lipinski definition) is 1. The van der Waals surface area contributed by atoms with Crippen LogP contribution in [0.25, 0.3) is 0 Å². The molecule has 0 aliphatic heterocycles. The molecule has 2 saturated carbocycles. The zero-order valence-corrected chi connectivity index (χ0v) is 11.3. The van der Waals surface area contributed by atoms with E-state index in [0.717, 1.165) is 0 Å². The summed E-state index contributed by atoms with van der Waals surface area (Å²) in [5, 5.41) is 0. The molecule has 2 aliphatic rings. The van der Waals surface area contributed by atoms with Gasteiger partial charge in [-0.2, -0.15) is 0 Å². The van der Waals surface area contributed by atoms with E-state index in [0.29, 0.717) is 43.3 Å². The van der Waals surface area contributed by atoms with Crippen LogP contribution >= 0.6 is 0 Å². The Labute approximate surface area is 114 Å². The summed E-state index contributed by atoms with van der Waals surface area (Å²) in [6, 6.07) is 10.2. The van der Waals surface area contributed by atoms with Crippen molar-refractivity contribution < 1.29 is 4.79 Å². The second-order valence-electron chi connectivity index (χ2n) is 5.82. The minimum atomic E-state index is 0.309. The largest absolute Gasteiger partial charge is 0.337 e. The molecule has 102 valence electrons. The van der Waals surface area contributed by atoms with E-state index in [2.05, 4.69) is 12.1 Å². The van der Waals surface area contributed by atoms with Crippen molar-refractivity contribution in [3.8, 4) is 0 Å². The SMILES string of the molecule is NCCN(Cc1ccccc1)C(=O)C1C2CCCC21. The number of rotatable bonds is 5. The van der Waals surface area contributed by atoms with Gasteiger partial charge in [-0.05, 0) is 30.2 Å². The fourth-order valence-corrected chi connectivity index (χ4v) is 3.63. The van der Waals surface area contributed by atoms with Crippen molar-refractivity contribution in [1.29, 1.82) is 0 Å². The van der Waals surface area contributed by atoms with Crippen molar-refractivity contribution >= 4 is 5.91 Å². The zero-order chi connectivity index (χ0) is 13.2. The molecule has 2 aliphatic carbocycles. The highest BCUT2D eigenvalue weighted by Gasteiger charge is 2.57. The van der Waals surface area contributed by atoms with Crippen LogP contribution in [-0.2, 0) is 11.3 Å². The standard InChI is InChI=1S/C16H22N2O/c17-9-10-18(11-12-5-2-1-3-6-12)16(19)15-13-7-4-8-14(13)15/h1-3,5-6,13-15H,4,7-11,17H2. The van der Waals surface area contributed by atoms with Gasteiger partial charge >= 0.3 is 0 Å². The summed E-state index contributed by atoms with van der Waals surface area (Å²) in [6.07, 6.45) is 3.82. The Kier molecular flexibility index (Phi) is 3.56. The first kappa shape index (κ1) is 12.7. The molecule has 3 nitrogen and oxygen atoms in total. The minimum absolute atomic E-state index is 0.309. The first-order valence-electron chi connectivity index (χ1n) is 7.34. The number of amides is 1. The first-order chi connectivity index (χ1) is 9.31. The van der Waals surface area contributed by atoms with E-state index in [4.69, 9.17) is 5.73 Å². The predicted molar refractivity (Wildman–Crippen MR) is 75.2 cm³/mol. The molecule has 0 radical (unpaired) electrons. The minimum Gasteiger partial charge on any atom is -0.337 e. The van der Waals surface area contributed by atoms with Crippen LogP contribution in [0, 0.1) is 17.8 Å². The van der Waals surface area contributed by atoms with E-state index < -0.39 is 0 Å². The summed E-state index contributed by atoms with van der Waals surface area (Å²) < 4.78 is 0. The van der Waals surface area contributed by atoms with Gasteiger partial charge in [0, 0.05) is 25.6 Å². The van der Waals surface area contributed by atoms with Crippen molar-refractivity contribution in [3.63, 3.8) is 0 Å². The normalized spacial score (nSPS) is 27.9. The fraction of sp³-hybridized carbons (Fsp3) is 0.562. The molecule has 3 heteroatoms. The van der Waals surface area contributed by atoms with Gasteiger partial charge in [0.15, 0.2) is 0 Å². The second kappa shape index (κ2) is 5.33. The van der Waals surface area contributed by atoms with E-state index in [1.54, 1.807) is 0 Å². The molecule has 2 atom stereocenters. The highest BCUT2D eigenvalue weighted by atomic mass is 16.2. The number of nitrogens with zero attached hydrogens (tertiary/aromatic N) is 1. The number of carbonyl (C=O) groups is 1. The average Bonchev–Trinajstić information content (AvgIpc) is 2.91. The Morgan fingerprint density at radius 2 is 1.89 bits per heavy atom. The number of fused-ring (bicyclic) bond motifs is 1. The van der Waals surface area contributed by atoms with Crippen LogP contribution < -0.4 is 5.73 Å². The van der Waals surface area contributed by atoms with E-state index in [9.17, 15) is 4.79 Å². The summed E-state index contributed by atoms with van der Waals surface area (Å²) in [5.74, 6) is 2.01. The lowest BCUT2D eigenvalue weighted by molar-refractivity contribution is -0.133. The highest BCUT2D eigenvalue weighted by Crippen LogP contribution is 2.58. The molecule has 2 fully saturated rings. The Morgan fingerprint density at radius 3 is 2.53 bits per heavy atom. The Hall–Kier alpha value is -1.35. The summed E-state index contributed by atoms with van der Waals surface area (Å²) in [6.45, 7) is 1.91. The third-order valence-corrected chi connectivity index (χ3v) is 4.62. The average molecular weight is 258 g/mol. The fourth-order valence-electron chi connectivity index (χ4n) is 3.63. The van der Waals surface area contributed by atoms with Crippen molar-refractivity contribution in [2.45, 2.75) is 25.8 Å². The van der Waals surface area contributed by atoms with Gasteiger partial charge in [0.1, 0.15) is 0 Å². The summed E-state index contributed by atoms with van der Waals surface area (Å²) >= 11 is 0. The lowest BCUT2D eigenvalue weighted by atomic mass is 10.1. The highest BCUT2D eigenvalue weighted by molar-refractivity contribution is 5.82. The van der Waals surface area contributed by atoms with Crippen LogP contribution in [0.4, 0.5) is 0 Å². The van der Waals surface area contributed by atoms with Gasteiger partial charge in [0.2, 0.25) is 5.91 Å². The maximum atomic E-state index is 12.6. The van der Waals surface area contributed by atoms with Crippen molar-refractivity contribution in [2.24, 2.45) is 23.5 Å². The van der Waals surface area contributed by atoms with Crippen LogP contribution in [0.2, 0.25) is 0 Å². The number of hydrogen-bond acceptors (Lipinski definition) is 2. The molecule has 2 N–H and O–H groups in total. The van der Waals surface area contributed by atoms with Gasteiger partial charge in [-0.1, -0.05) is 36.8 Å². The smallest absolute Gasteiger partial charge is 0.226 e. The second-order valence-corrected chi connectivity index (χ2v) is 5.82. The Balaban J connectivity index is 1.65. The van der Waals surface area contributed by atoms with Gasteiger partial charge < -0.3 is 10.6 Å². The molecule has 0 saturated heterocycles. The van der Waals surface area contributed by atoms with Gasteiger partial charge in [-0.25, -0.2) is 0 Å². The molecule has 0 heterocycles. The lowest BCUT2D eigenvalue weighted by Crippen LogP contribution is -2.36. The summed E-state index contributed by atoms with van der Waals surface area (Å²) in [5.41, 5.74) is 6.85. The van der Waals surface area contributed by atoms with E-state index in [1.165, 1.54) is 24.8 Å². The van der Waals surface area contributed by atoms with Crippen LogP contribution in [-0.4, -0.2) is 23.9 Å². The Bertz CT molecular complexity index is 435. The van der Waals surface area contributed by atoms with Crippen LogP contribution in [0.15, 0.2) is 30.3 Å². The molecule has 1 aromatic rings. The molecule has 0 spiro atoms. The van der Waals surface area contributed by atoms with Crippen LogP contribution in [0.1, 0.15) is 24.8 Å². The third-order valence-electron chi connectivity index (χ3n) is 4.62. The van der Waals surface area contributed by atoms with E-state index in [-0.39, 0.29) is 0 Å². The lowest BCUT2D eigenvalue weighted by Gasteiger charge is -2.23. The third kappa shape index (κ3) is 2.52. The van der Waals surface area contributed by atoms with E-state index >= 15 is 0 Å². The van der Waals surface area contributed by atoms with Crippen LogP contribution in [0.3, 0.4) is 0 Å². The van der Waals surface area contributed by atoms with Gasteiger partial charge in [0.05, 0.1) is 0 Å². The molecule has 0 bridgehead atoms. The molecule has 1 aromatic carbocycles. The maximum Gasteiger partial charge on any atom is 0.226 e. The maximum absolute atomic E-state index is 12.6. The van der Waals surface area contributed by atoms with Crippen molar-refractivity contribution in [3.05, 3.63) is 35.9 Å². The number of nitrogens with two attached hydrogens (primary N) is 1. The molecule has 0 aromatic heterocycles. The molecule has 1 amide bonds. The van der Waals surface area contributed by atoms with Crippen molar-refractivity contribution in [2.75, 3.05) is 13.1 Å². The van der Waals surface area contributed by atoms with Gasteiger partial charge in [-0.15, -0.1) is 0 Å². The zero-order valence-electron chi connectivity index (χ0n) is 11.3. The topological polar surface area (TPSA) is 46.3 Å². The van der Waals surface area contributed by atoms with Crippen LogP contribution in [0.5, 0.6) is 0 Å². The first-order valence-corrected chi connectivity index (χ1v) is 7.34.